The number of ether oxygens (including phenoxy) is 2. The number of rotatable bonds is 3. The lowest BCUT2D eigenvalue weighted by Crippen LogP contribution is -2.04. The Morgan fingerprint density at radius 2 is 2.05 bits per heavy atom. The van der Waals surface area contributed by atoms with Gasteiger partial charge in [-0.25, -0.2) is 9.97 Å². The highest BCUT2D eigenvalue weighted by Crippen LogP contribution is 2.32. The molecule has 1 aromatic carbocycles. The Morgan fingerprint density at radius 1 is 1.21 bits per heavy atom. The van der Waals surface area contributed by atoms with Gasteiger partial charge in [0.2, 0.25) is 6.79 Å². The number of fused-ring (bicyclic) bond motifs is 1. The van der Waals surface area contributed by atoms with Crippen molar-refractivity contribution in [2.75, 3.05) is 12.1 Å². The van der Waals surface area contributed by atoms with Gasteiger partial charge in [-0.15, -0.1) is 0 Å². The first-order chi connectivity index (χ1) is 9.36. The van der Waals surface area contributed by atoms with Crippen LogP contribution in [0.15, 0.2) is 30.6 Å². The SMILES string of the molecule is N#Cc1nccnc1NCc1ccc2c(c1)OCO2. The largest absolute Gasteiger partial charge is 0.454 e. The van der Waals surface area contributed by atoms with Crippen LogP contribution >= 0.6 is 0 Å². The quantitative estimate of drug-likeness (QED) is 0.897. The monoisotopic (exact) mass is 254 g/mol. The molecule has 0 saturated heterocycles. The second-order valence-electron chi connectivity index (χ2n) is 3.91. The van der Waals surface area contributed by atoms with Crippen molar-refractivity contribution in [3.8, 4) is 17.6 Å². The van der Waals surface area contributed by atoms with E-state index < -0.39 is 0 Å². The molecule has 6 nitrogen and oxygen atoms in total. The normalized spacial score (nSPS) is 11.9. The summed E-state index contributed by atoms with van der Waals surface area (Å²) in [6, 6.07) is 7.69. The first kappa shape index (κ1) is 11.3. The van der Waals surface area contributed by atoms with Crippen LogP contribution in [-0.4, -0.2) is 16.8 Å². The lowest BCUT2D eigenvalue weighted by Gasteiger charge is -2.07. The Hall–Kier alpha value is -2.81. The van der Waals surface area contributed by atoms with Crippen molar-refractivity contribution in [2.24, 2.45) is 0 Å². The molecule has 2 aromatic rings. The highest BCUT2D eigenvalue weighted by atomic mass is 16.7. The number of nitriles is 1. The minimum Gasteiger partial charge on any atom is -0.454 e. The topological polar surface area (TPSA) is 80.1 Å². The molecule has 0 bridgehead atoms. The van der Waals surface area contributed by atoms with Crippen molar-refractivity contribution in [1.82, 2.24) is 9.97 Å². The highest BCUT2D eigenvalue weighted by Gasteiger charge is 2.13. The maximum absolute atomic E-state index is 8.91. The van der Waals surface area contributed by atoms with Gasteiger partial charge in [-0.2, -0.15) is 5.26 Å². The summed E-state index contributed by atoms with van der Waals surface area (Å²) in [6.45, 7) is 0.791. The van der Waals surface area contributed by atoms with Crippen LogP contribution in [0.25, 0.3) is 0 Å². The lowest BCUT2D eigenvalue weighted by atomic mass is 10.2. The van der Waals surface area contributed by atoms with Gasteiger partial charge < -0.3 is 14.8 Å². The third-order valence-electron chi connectivity index (χ3n) is 2.70. The van der Waals surface area contributed by atoms with Crippen molar-refractivity contribution in [1.29, 1.82) is 5.26 Å². The summed E-state index contributed by atoms with van der Waals surface area (Å²) in [7, 11) is 0. The fraction of sp³-hybridized carbons (Fsp3) is 0.154. The Balaban J connectivity index is 1.74. The van der Waals surface area contributed by atoms with Crippen molar-refractivity contribution in [3.05, 3.63) is 41.9 Å². The van der Waals surface area contributed by atoms with E-state index in [1.165, 1.54) is 6.20 Å². The lowest BCUT2D eigenvalue weighted by molar-refractivity contribution is 0.174. The maximum Gasteiger partial charge on any atom is 0.231 e. The molecule has 6 heteroatoms. The fourth-order valence-electron chi connectivity index (χ4n) is 1.79. The van der Waals surface area contributed by atoms with E-state index in [2.05, 4.69) is 15.3 Å². The Labute approximate surface area is 109 Å². The molecular weight excluding hydrogens is 244 g/mol. The first-order valence-electron chi connectivity index (χ1n) is 5.70. The minimum atomic E-state index is 0.259. The van der Waals surface area contributed by atoms with Crippen molar-refractivity contribution < 1.29 is 9.47 Å². The van der Waals surface area contributed by atoms with Crippen LogP contribution in [0.4, 0.5) is 5.82 Å². The molecular formula is C13H10N4O2. The number of anilines is 1. The van der Waals surface area contributed by atoms with Crippen molar-refractivity contribution in [3.63, 3.8) is 0 Å². The van der Waals surface area contributed by atoms with Gasteiger partial charge in [0.1, 0.15) is 6.07 Å². The summed E-state index contributed by atoms with van der Waals surface area (Å²) >= 11 is 0. The molecule has 1 aliphatic heterocycles. The number of benzene rings is 1. The van der Waals surface area contributed by atoms with Crippen LogP contribution in [-0.2, 0) is 6.54 Å². The second kappa shape index (κ2) is 4.82. The summed E-state index contributed by atoms with van der Waals surface area (Å²) in [5.41, 5.74) is 1.29. The third kappa shape index (κ3) is 2.26. The Morgan fingerprint density at radius 3 is 2.95 bits per heavy atom. The zero-order valence-corrected chi connectivity index (χ0v) is 9.96. The van der Waals surface area contributed by atoms with Crippen LogP contribution < -0.4 is 14.8 Å². The van der Waals surface area contributed by atoms with E-state index >= 15 is 0 Å². The van der Waals surface area contributed by atoms with Crippen molar-refractivity contribution in [2.45, 2.75) is 6.54 Å². The van der Waals surface area contributed by atoms with Gasteiger partial charge in [0.25, 0.3) is 0 Å². The number of hydrogen-bond acceptors (Lipinski definition) is 6. The number of nitrogens with zero attached hydrogens (tertiary/aromatic N) is 3. The van der Waals surface area contributed by atoms with Gasteiger partial charge in [0, 0.05) is 18.9 Å². The summed E-state index contributed by atoms with van der Waals surface area (Å²) < 4.78 is 10.6. The number of hydrogen-bond donors (Lipinski definition) is 1. The van der Waals surface area contributed by atoms with E-state index in [0.717, 1.165) is 17.1 Å². The fourth-order valence-corrected chi connectivity index (χ4v) is 1.79. The van der Waals surface area contributed by atoms with E-state index in [-0.39, 0.29) is 12.5 Å². The molecule has 1 aliphatic rings. The molecule has 0 aliphatic carbocycles. The zero-order valence-electron chi connectivity index (χ0n) is 9.96. The Bertz CT molecular complexity index is 651. The molecule has 19 heavy (non-hydrogen) atoms. The van der Waals surface area contributed by atoms with E-state index in [0.29, 0.717) is 12.4 Å². The second-order valence-corrected chi connectivity index (χ2v) is 3.91. The molecule has 0 spiro atoms. The van der Waals surface area contributed by atoms with E-state index in [1.807, 2.05) is 24.3 Å². The highest BCUT2D eigenvalue weighted by molar-refractivity contribution is 5.49. The van der Waals surface area contributed by atoms with Gasteiger partial charge in [0.15, 0.2) is 23.0 Å². The molecule has 0 saturated carbocycles. The van der Waals surface area contributed by atoms with Crippen LogP contribution in [0.5, 0.6) is 11.5 Å². The van der Waals surface area contributed by atoms with E-state index in [1.54, 1.807) is 6.20 Å². The van der Waals surface area contributed by atoms with Crippen LogP contribution in [0.3, 0.4) is 0 Å². The van der Waals surface area contributed by atoms with Crippen LogP contribution in [0, 0.1) is 11.3 Å². The standard InChI is InChI=1S/C13H10N4O2/c14-6-10-13(16-4-3-15-10)17-7-9-1-2-11-12(5-9)19-8-18-11/h1-5H,7-8H2,(H,16,17). The average molecular weight is 254 g/mol. The number of aromatic nitrogens is 2. The first-order valence-corrected chi connectivity index (χ1v) is 5.70. The van der Waals surface area contributed by atoms with Gasteiger partial charge in [-0.05, 0) is 17.7 Å². The van der Waals surface area contributed by atoms with Gasteiger partial charge in [-0.1, -0.05) is 6.07 Å². The molecule has 0 unspecified atom stereocenters. The van der Waals surface area contributed by atoms with Crippen molar-refractivity contribution >= 4 is 5.82 Å². The molecule has 1 aromatic heterocycles. The maximum atomic E-state index is 8.91. The molecule has 0 fully saturated rings. The molecule has 94 valence electrons. The zero-order chi connectivity index (χ0) is 13.1. The van der Waals surface area contributed by atoms with Crippen LogP contribution in [0.1, 0.15) is 11.3 Å². The summed E-state index contributed by atoms with van der Waals surface area (Å²) in [5.74, 6) is 1.96. The van der Waals surface area contributed by atoms with Gasteiger partial charge in [-0.3, -0.25) is 0 Å². The van der Waals surface area contributed by atoms with Gasteiger partial charge in [0.05, 0.1) is 0 Å². The molecule has 2 heterocycles. The molecule has 3 rings (SSSR count). The van der Waals surface area contributed by atoms with Crippen LogP contribution in [0.2, 0.25) is 0 Å². The van der Waals surface area contributed by atoms with Gasteiger partial charge >= 0.3 is 0 Å². The molecule has 0 amide bonds. The summed E-state index contributed by atoms with van der Waals surface area (Å²) in [6.07, 6.45) is 3.03. The molecule has 0 atom stereocenters. The number of nitrogens with one attached hydrogen (secondary N) is 1. The average Bonchev–Trinajstić information content (AvgIpc) is 2.93. The van der Waals surface area contributed by atoms with E-state index in [9.17, 15) is 0 Å². The summed E-state index contributed by atoms with van der Waals surface area (Å²) in [4.78, 5) is 8.02. The smallest absolute Gasteiger partial charge is 0.231 e. The third-order valence-corrected chi connectivity index (χ3v) is 2.70. The summed E-state index contributed by atoms with van der Waals surface area (Å²) in [5, 5.41) is 12.0. The molecule has 1 N–H and O–H groups in total. The molecule has 0 radical (unpaired) electrons. The minimum absolute atomic E-state index is 0.259. The predicted octanol–water partition coefficient (Wildman–Crippen LogP) is 1.69. The predicted molar refractivity (Wildman–Crippen MR) is 66.6 cm³/mol. The van der Waals surface area contributed by atoms with E-state index in [4.69, 9.17) is 14.7 Å². The Kier molecular flexibility index (Phi) is 2.86.